The molecule has 188 valence electrons. The molecule has 36 heavy (non-hydrogen) atoms. The van der Waals surface area contributed by atoms with Gasteiger partial charge in [0.15, 0.2) is 6.61 Å². The lowest BCUT2D eigenvalue weighted by atomic mass is 9.87. The number of esters is 1. The van der Waals surface area contributed by atoms with Crippen LogP contribution in [-0.4, -0.2) is 24.4 Å². The van der Waals surface area contributed by atoms with Crippen molar-refractivity contribution in [2.45, 2.75) is 52.0 Å². The highest BCUT2D eigenvalue weighted by atomic mass is 32.1. The van der Waals surface area contributed by atoms with E-state index in [4.69, 9.17) is 4.74 Å². The summed E-state index contributed by atoms with van der Waals surface area (Å²) in [5.41, 5.74) is 3.67. The summed E-state index contributed by atoms with van der Waals surface area (Å²) in [5.74, 6) is -1.47. The van der Waals surface area contributed by atoms with Gasteiger partial charge in [-0.25, -0.2) is 0 Å². The zero-order valence-corrected chi connectivity index (χ0v) is 21.9. The van der Waals surface area contributed by atoms with Gasteiger partial charge in [-0.1, -0.05) is 56.7 Å². The van der Waals surface area contributed by atoms with Crippen LogP contribution in [0.15, 0.2) is 66.0 Å². The summed E-state index contributed by atoms with van der Waals surface area (Å²) in [5, 5.41) is 4.72. The van der Waals surface area contributed by atoms with Crippen molar-refractivity contribution in [3.05, 3.63) is 82.0 Å². The van der Waals surface area contributed by atoms with Crippen molar-refractivity contribution in [1.29, 1.82) is 0 Å². The van der Waals surface area contributed by atoms with Crippen LogP contribution in [0, 0.1) is 12.8 Å². The number of amides is 2. The molecule has 1 N–H and O–H groups in total. The number of carbonyl (C=O) groups is 3. The first-order valence-electron chi connectivity index (χ1n) is 12.1. The molecule has 2 aromatic carbocycles. The largest absolute Gasteiger partial charge is 0.455 e. The molecule has 7 heteroatoms. The summed E-state index contributed by atoms with van der Waals surface area (Å²) in [6, 6.07) is 18.7. The van der Waals surface area contributed by atoms with Crippen molar-refractivity contribution in [2.24, 2.45) is 5.92 Å². The summed E-state index contributed by atoms with van der Waals surface area (Å²) >= 11 is 1.50. The Kier molecular flexibility index (Phi) is 7.59. The van der Waals surface area contributed by atoms with E-state index in [1.165, 1.54) is 11.3 Å². The molecule has 0 saturated carbocycles. The number of carbonyl (C=O) groups excluding carboxylic acids is 3. The molecule has 2 heterocycles. The summed E-state index contributed by atoms with van der Waals surface area (Å²) in [6.45, 7) is 7.99. The molecule has 0 aliphatic carbocycles. The van der Waals surface area contributed by atoms with Crippen molar-refractivity contribution in [3.63, 3.8) is 0 Å². The van der Waals surface area contributed by atoms with Gasteiger partial charge in [0, 0.05) is 22.7 Å². The molecule has 1 saturated heterocycles. The standard InChI is InChI=1S/C29H32N2O4S/c1-19-7-13-22(14-8-19)31-26(33)16-15-23(27(31)24-6-5-17-36-24)28(34)35-18-25(32)30-21-11-9-20(10-12-21)29(2,3)4/h5-14,17,23,27H,15-16,18H2,1-4H3,(H,30,32)/t23-,27-/m0/s1. The third-order valence-corrected chi connectivity index (χ3v) is 7.37. The summed E-state index contributed by atoms with van der Waals surface area (Å²) in [7, 11) is 0. The Morgan fingerprint density at radius 2 is 1.75 bits per heavy atom. The molecule has 2 atom stereocenters. The Bertz CT molecular complexity index is 1210. The third kappa shape index (κ3) is 5.85. The molecule has 1 aliphatic heterocycles. The second-order valence-electron chi connectivity index (χ2n) is 10.2. The number of thiophene rings is 1. The summed E-state index contributed by atoms with van der Waals surface area (Å²) in [4.78, 5) is 41.4. The Morgan fingerprint density at radius 1 is 1.06 bits per heavy atom. The number of benzene rings is 2. The fourth-order valence-electron chi connectivity index (χ4n) is 4.43. The highest BCUT2D eigenvalue weighted by Gasteiger charge is 2.43. The van der Waals surface area contributed by atoms with Crippen LogP contribution < -0.4 is 10.2 Å². The van der Waals surface area contributed by atoms with Crippen molar-refractivity contribution < 1.29 is 19.1 Å². The first-order chi connectivity index (χ1) is 17.1. The third-order valence-electron chi connectivity index (χ3n) is 6.43. The smallest absolute Gasteiger partial charge is 0.311 e. The molecule has 6 nitrogen and oxygen atoms in total. The molecule has 0 unspecified atom stereocenters. The zero-order valence-electron chi connectivity index (χ0n) is 21.1. The van der Waals surface area contributed by atoms with E-state index < -0.39 is 23.8 Å². The van der Waals surface area contributed by atoms with Gasteiger partial charge in [0.1, 0.15) is 0 Å². The van der Waals surface area contributed by atoms with Gasteiger partial charge < -0.3 is 15.0 Å². The maximum Gasteiger partial charge on any atom is 0.311 e. The van der Waals surface area contributed by atoms with Gasteiger partial charge in [-0.15, -0.1) is 11.3 Å². The minimum absolute atomic E-state index is 0.0189. The van der Waals surface area contributed by atoms with Crippen LogP contribution in [0.5, 0.6) is 0 Å². The number of piperidine rings is 1. The second-order valence-corrected chi connectivity index (χ2v) is 11.2. The van der Waals surface area contributed by atoms with Gasteiger partial charge in [-0.05, 0) is 60.0 Å². The van der Waals surface area contributed by atoms with Gasteiger partial charge in [-0.3, -0.25) is 14.4 Å². The first-order valence-corrected chi connectivity index (χ1v) is 13.0. The van der Waals surface area contributed by atoms with E-state index in [0.717, 1.165) is 21.7 Å². The first kappa shape index (κ1) is 25.6. The van der Waals surface area contributed by atoms with Crippen LogP contribution in [0.4, 0.5) is 11.4 Å². The maximum absolute atomic E-state index is 13.2. The van der Waals surface area contributed by atoms with Crippen LogP contribution in [-0.2, 0) is 24.5 Å². The summed E-state index contributed by atoms with van der Waals surface area (Å²) < 4.78 is 5.48. The summed E-state index contributed by atoms with van der Waals surface area (Å²) in [6.07, 6.45) is 0.611. The molecule has 1 aromatic heterocycles. The maximum atomic E-state index is 13.2. The number of aryl methyl sites for hydroxylation is 1. The molecule has 0 radical (unpaired) electrons. The zero-order chi connectivity index (χ0) is 25.9. The van der Waals surface area contributed by atoms with E-state index in [2.05, 4.69) is 26.1 Å². The van der Waals surface area contributed by atoms with Crippen molar-refractivity contribution in [2.75, 3.05) is 16.8 Å². The second kappa shape index (κ2) is 10.7. The van der Waals surface area contributed by atoms with Crippen LogP contribution >= 0.6 is 11.3 Å². The van der Waals surface area contributed by atoms with Crippen molar-refractivity contribution >= 4 is 40.5 Å². The Balaban J connectivity index is 1.46. The number of hydrogen-bond acceptors (Lipinski definition) is 5. The lowest BCUT2D eigenvalue weighted by Gasteiger charge is -2.39. The highest BCUT2D eigenvalue weighted by molar-refractivity contribution is 7.10. The van der Waals surface area contributed by atoms with E-state index in [-0.39, 0.29) is 24.3 Å². The minimum Gasteiger partial charge on any atom is -0.455 e. The topological polar surface area (TPSA) is 75.7 Å². The van der Waals surface area contributed by atoms with Crippen molar-refractivity contribution in [3.8, 4) is 0 Å². The molecular weight excluding hydrogens is 472 g/mol. The quantitative estimate of drug-likeness (QED) is 0.417. The molecule has 4 rings (SSSR count). The predicted octanol–water partition coefficient (Wildman–Crippen LogP) is 6.02. The Morgan fingerprint density at radius 3 is 2.36 bits per heavy atom. The average Bonchev–Trinajstić information content (AvgIpc) is 3.37. The Labute approximate surface area is 216 Å². The van der Waals surface area contributed by atoms with E-state index in [9.17, 15) is 14.4 Å². The van der Waals surface area contributed by atoms with Gasteiger partial charge >= 0.3 is 5.97 Å². The number of ether oxygens (including phenoxy) is 1. The predicted molar refractivity (Wildman–Crippen MR) is 143 cm³/mol. The monoisotopic (exact) mass is 504 g/mol. The van der Waals surface area contributed by atoms with Gasteiger partial charge in [0.25, 0.3) is 5.91 Å². The number of hydrogen-bond donors (Lipinski definition) is 1. The fourth-order valence-corrected chi connectivity index (χ4v) is 5.31. The average molecular weight is 505 g/mol. The lowest BCUT2D eigenvalue weighted by molar-refractivity contribution is -0.153. The normalized spacial score (nSPS) is 18.1. The molecule has 1 aliphatic rings. The van der Waals surface area contributed by atoms with Crippen LogP contribution in [0.2, 0.25) is 0 Å². The number of nitrogens with one attached hydrogen (secondary N) is 1. The lowest BCUT2D eigenvalue weighted by Crippen LogP contribution is -2.46. The molecule has 0 spiro atoms. The highest BCUT2D eigenvalue weighted by Crippen LogP contribution is 2.42. The van der Waals surface area contributed by atoms with Crippen LogP contribution in [0.25, 0.3) is 0 Å². The number of nitrogens with zero attached hydrogens (tertiary/aromatic N) is 1. The van der Waals surface area contributed by atoms with E-state index in [1.807, 2.05) is 73.0 Å². The van der Waals surface area contributed by atoms with Crippen molar-refractivity contribution in [1.82, 2.24) is 0 Å². The molecular formula is C29H32N2O4S. The molecule has 2 amide bonds. The van der Waals surface area contributed by atoms with E-state index in [1.54, 1.807) is 4.90 Å². The minimum atomic E-state index is -0.568. The van der Waals surface area contributed by atoms with Crippen LogP contribution in [0.1, 0.15) is 55.7 Å². The van der Waals surface area contributed by atoms with Gasteiger partial charge in [0.05, 0.1) is 12.0 Å². The Hall–Kier alpha value is -3.45. The molecule has 1 fully saturated rings. The SMILES string of the molecule is Cc1ccc(N2C(=O)CC[C@H](C(=O)OCC(=O)Nc3ccc(C(C)(C)C)cc3)[C@H]2c2cccs2)cc1. The fraction of sp³-hybridized carbons (Fsp3) is 0.345. The van der Waals surface area contributed by atoms with Gasteiger partial charge in [-0.2, -0.15) is 0 Å². The van der Waals surface area contributed by atoms with Crippen LogP contribution in [0.3, 0.4) is 0 Å². The molecule has 3 aromatic rings. The molecule has 0 bridgehead atoms. The van der Waals surface area contributed by atoms with E-state index >= 15 is 0 Å². The number of rotatable bonds is 6. The van der Waals surface area contributed by atoms with E-state index in [0.29, 0.717) is 12.1 Å². The number of anilines is 2. The van der Waals surface area contributed by atoms with Gasteiger partial charge in [0.2, 0.25) is 5.91 Å².